The minimum Gasteiger partial charge on any atom is -0.358 e. The molecule has 0 bridgehead atoms. The van der Waals surface area contributed by atoms with Crippen molar-refractivity contribution in [1.82, 2.24) is 14.3 Å². The van der Waals surface area contributed by atoms with Crippen LogP contribution in [0.15, 0.2) is 24.4 Å². The number of imidazole rings is 1. The van der Waals surface area contributed by atoms with E-state index in [2.05, 4.69) is 47.3 Å². The molecule has 2 rings (SSSR count). The van der Waals surface area contributed by atoms with Gasteiger partial charge in [0.1, 0.15) is 9.97 Å². The van der Waals surface area contributed by atoms with E-state index in [0.717, 1.165) is 34.5 Å². The smallest absolute Gasteiger partial charge is 0.137 e. The first-order chi connectivity index (χ1) is 9.15. The van der Waals surface area contributed by atoms with Crippen LogP contribution in [0.1, 0.15) is 25.2 Å². The molecule has 2 aromatic heterocycles. The van der Waals surface area contributed by atoms with E-state index in [1.807, 2.05) is 12.1 Å². The summed E-state index contributed by atoms with van der Waals surface area (Å²) >= 11 is 7.12. The van der Waals surface area contributed by atoms with Crippen LogP contribution in [0.5, 0.6) is 0 Å². The van der Waals surface area contributed by atoms with Gasteiger partial charge in [-0.1, -0.05) is 30.0 Å². The summed E-state index contributed by atoms with van der Waals surface area (Å²) in [6.45, 7) is 8.28. The highest BCUT2D eigenvalue weighted by Gasteiger charge is 2.08. The molecule has 0 saturated carbocycles. The molecule has 0 aromatic carbocycles. The Morgan fingerprint density at radius 1 is 1.37 bits per heavy atom. The van der Waals surface area contributed by atoms with Crippen LogP contribution in [0, 0.1) is 6.92 Å². The maximum absolute atomic E-state index is 5.43. The molecule has 5 heteroatoms. The van der Waals surface area contributed by atoms with Gasteiger partial charge in [-0.3, -0.25) is 0 Å². The molecule has 0 amide bonds. The molecule has 3 nitrogen and oxygen atoms in total. The molecule has 19 heavy (non-hydrogen) atoms. The Balaban J connectivity index is 2.06. The number of hydrogen-bond acceptors (Lipinski definition) is 3. The van der Waals surface area contributed by atoms with Crippen molar-refractivity contribution in [1.29, 1.82) is 0 Å². The molecular weight excluding hydrogens is 274 g/mol. The van der Waals surface area contributed by atoms with E-state index in [9.17, 15) is 0 Å². The van der Waals surface area contributed by atoms with E-state index >= 15 is 0 Å². The summed E-state index contributed by atoms with van der Waals surface area (Å²) in [4.78, 5) is 6.82. The predicted octanol–water partition coefficient (Wildman–Crippen LogP) is 3.50. The topological polar surface area (TPSA) is 20.5 Å². The van der Waals surface area contributed by atoms with Crippen molar-refractivity contribution < 1.29 is 0 Å². The van der Waals surface area contributed by atoms with Crippen molar-refractivity contribution in [3.8, 4) is 0 Å². The zero-order valence-corrected chi connectivity index (χ0v) is 13.2. The van der Waals surface area contributed by atoms with Gasteiger partial charge in [-0.15, -0.1) is 0 Å². The maximum Gasteiger partial charge on any atom is 0.137 e. The summed E-state index contributed by atoms with van der Waals surface area (Å²) in [6, 6.07) is 6.16. The number of rotatable bonds is 4. The fourth-order valence-corrected chi connectivity index (χ4v) is 3.26. The number of hydrogen-bond donors (Lipinski definition) is 0. The largest absolute Gasteiger partial charge is 0.358 e. The Morgan fingerprint density at radius 3 is 2.74 bits per heavy atom. The van der Waals surface area contributed by atoms with Crippen molar-refractivity contribution in [2.24, 2.45) is 0 Å². The van der Waals surface area contributed by atoms with E-state index < -0.39 is 0 Å². The van der Waals surface area contributed by atoms with Gasteiger partial charge in [0.15, 0.2) is 0 Å². The monoisotopic (exact) mass is 293 g/mol. The Hall–Kier alpha value is -1.07. The average Bonchev–Trinajstić information content (AvgIpc) is 2.82. The second kappa shape index (κ2) is 6.39. The van der Waals surface area contributed by atoms with Crippen LogP contribution in [-0.2, 0) is 5.75 Å². The van der Waals surface area contributed by atoms with Gasteiger partial charge < -0.3 is 9.30 Å². The Kier molecular flexibility index (Phi) is 4.82. The predicted molar refractivity (Wildman–Crippen MR) is 86.7 cm³/mol. The van der Waals surface area contributed by atoms with Crippen LogP contribution < -0.4 is 0 Å². The number of thioether (sulfide) groups is 1. The normalized spacial score (nSPS) is 10.9. The molecule has 0 unspecified atom stereocenters. The first kappa shape index (κ1) is 14.3. The standard InChI is InChI=1S/C14H19N3S2/c1-4-16(5-2)14(18)19-10-12-9-17-11(3)7-6-8-13(17)15-12/h6-9H,4-5,10H2,1-3H3. The number of pyridine rings is 1. The van der Waals surface area contributed by atoms with Crippen molar-refractivity contribution in [3.05, 3.63) is 35.8 Å². The molecule has 102 valence electrons. The van der Waals surface area contributed by atoms with Crippen molar-refractivity contribution in [3.63, 3.8) is 0 Å². The molecular formula is C14H19N3S2. The number of fused-ring (bicyclic) bond motifs is 1. The Bertz CT molecular complexity index is 573. The van der Waals surface area contributed by atoms with E-state index in [1.54, 1.807) is 11.8 Å². The number of nitrogens with zero attached hydrogens (tertiary/aromatic N) is 3. The maximum atomic E-state index is 5.43. The van der Waals surface area contributed by atoms with Gasteiger partial charge in [-0.2, -0.15) is 0 Å². The van der Waals surface area contributed by atoms with Crippen LogP contribution in [0.25, 0.3) is 5.65 Å². The van der Waals surface area contributed by atoms with Crippen LogP contribution >= 0.6 is 24.0 Å². The summed E-state index contributed by atoms with van der Waals surface area (Å²) in [7, 11) is 0. The number of thiocarbonyl (C=S) groups is 1. The number of aromatic nitrogens is 2. The molecule has 0 saturated heterocycles. The minimum atomic E-state index is 0.830. The summed E-state index contributed by atoms with van der Waals surface area (Å²) < 4.78 is 3.08. The van der Waals surface area contributed by atoms with Crippen LogP contribution in [-0.4, -0.2) is 31.7 Å². The molecule has 0 atom stereocenters. The Labute approximate surface area is 124 Å². The van der Waals surface area contributed by atoms with E-state index in [-0.39, 0.29) is 0 Å². The lowest BCUT2D eigenvalue weighted by Crippen LogP contribution is -2.26. The first-order valence-corrected chi connectivity index (χ1v) is 7.90. The highest BCUT2D eigenvalue weighted by Crippen LogP contribution is 2.17. The van der Waals surface area contributed by atoms with Crippen molar-refractivity contribution in [2.45, 2.75) is 26.5 Å². The second-order valence-corrected chi connectivity index (χ2v) is 5.96. The quantitative estimate of drug-likeness (QED) is 0.804. The zero-order chi connectivity index (χ0) is 13.8. The van der Waals surface area contributed by atoms with E-state index in [1.165, 1.54) is 5.69 Å². The molecule has 0 spiro atoms. The van der Waals surface area contributed by atoms with Crippen molar-refractivity contribution >= 4 is 33.9 Å². The molecule has 2 aromatic rings. The molecule has 0 aliphatic heterocycles. The number of aryl methyl sites for hydroxylation is 1. The van der Waals surface area contributed by atoms with Gasteiger partial charge >= 0.3 is 0 Å². The third-order valence-corrected chi connectivity index (χ3v) is 4.67. The van der Waals surface area contributed by atoms with Crippen LogP contribution in [0.2, 0.25) is 0 Å². The van der Waals surface area contributed by atoms with E-state index in [0.29, 0.717) is 0 Å². The molecule has 0 N–H and O–H groups in total. The third-order valence-electron chi connectivity index (χ3n) is 3.11. The van der Waals surface area contributed by atoms with Crippen LogP contribution in [0.3, 0.4) is 0 Å². The van der Waals surface area contributed by atoms with Gasteiger partial charge in [0, 0.05) is 30.7 Å². The Morgan fingerprint density at radius 2 is 2.11 bits per heavy atom. The highest BCUT2D eigenvalue weighted by atomic mass is 32.2. The lowest BCUT2D eigenvalue weighted by atomic mass is 10.4. The van der Waals surface area contributed by atoms with Gasteiger partial charge in [0.2, 0.25) is 0 Å². The molecule has 0 aliphatic carbocycles. The highest BCUT2D eigenvalue weighted by molar-refractivity contribution is 8.22. The van der Waals surface area contributed by atoms with Crippen molar-refractivity contribution in [2.75, 3.05) is 13.1 Å². The summed E-state index contributed by atoms with van der Waals surface area (Å²) in [5.74, 6) is 0.830. The second-order valence-electron chi connectivity index (χ2n) is 4.35. The van der Waals surface area contributed by atoms with Gasteiger partial charge in [-0.25, -0.2) is 4.98 Å². The molecule has 0 fully saturated rings. The fourth-order valence-electron chi connectivity index (χ4n) is 1.98. The third kappa shape index (κ3) is 3.28. The molecule has 0 aliphatic rings. The fraction of sp³-hybridized carbons (Fsp3) is 0.429. The summed E-state index contributed by atoms with van der Waals surface area (Å²) in [6.07, 6.45) is 2.10. The van der Waals surface area contributed by atoms with E-state index in [4.69, 9.17) is 12.2 Å². The minimum absolute atomic E-state index is 0.830. The first-order valence-electron chi connectivity index (χ1n) is 6.51. The molecule has 0 radical (unpaired) electrons. The van der Waals surface area contributed by atoms with Crippen LogP contribution in [0.4, 0.5) is 0 Å². The van der Waals surface area contributed by atoms with Gasteiger partial charge in [0.05, 0.1) is 5.69 Å². The van der Waals surface area contributed by atoms with Gasteiger partial charge in [0.25, 0.3) is 0 Å². The SMILES string of the molecule is CCN(CC)C(=S)SCc1cn2c(C)cccc2n1. The molecule has 2 heterocycles. The average molecular weight is 293 g/mol. The van der Waals surface area contributed by atoms with Gasteiger partial charge in [-0.05, 0) is 32.9 Å². The zero-order valence-electron chi connectivity index (χ0n) is 11.6. The lowest BCUT2D eigenvalue weighted by molar-refractivity contribution is 0.482. The summed E-state index contributed by atoms with van der Waals surface area (Å²) in [5.41, 5.74) is 3.28. The lowest BCUT2D eigenvalue weighted by Gasteiger charge is -2.20. The summed E-state index contributed by atoms with van der Waals surface area (Å²) in [5, 5.41) is 0.